The third kappa shape index (κ3) is 7.02. The van der Waals surface area contributed by atoms with Gasteiger partial charge in [-0.3, -0.25) is 19.2 Å². The van der Waals surface area contributed by atoms with Crippen molar-refractivity contribution in [2.45, 2.75) is 80.8 Å². The van der Waals surface area contributed by atoms with Crippen LogP contribution in [0.5, 0.6) is 0 Å². The monoisotopic (exact) mass is 783 g/mol. The van der Waals surface area contributed by atoms with Crippen LogP contribution in [0.15, 0.2) is 79.9 Å². The van der Waals surface area contributed by atoms with Crippen LogP contribution in [0, 0.1) is 17.8 Å². The minimum atomic E-state index is -1.41. The number of alkyl halides is 1. The standard InChI is InChI=1S/C39H47BrClN3O7/c1-7-9-19-30(46)42(6)24(5)33(25-15-11-10-12-16-25)50-38(49)31-32-36(47)44(29(22-45)23(3)4)35(39(32)21-26(40)34(31)51-39)37(48)43(20-8-2)28-18-14-13-17-27(28)41/h7-8,10-18,23-24,26,29,31-35,45H,1-2,9,19-22H2,3-6H3/t24-,26?,29-,31+,32-,33+,34+,35+,39-/m0/s1. The summed E-state index contributed by atoms with van der Waals surface area (Å²) in [5, 5.41) is 11.0. The second kappa shape index (κ2) is 16.0. The van der Waals surface area contributed by atoms with Gasteiger partial charge in [-0.15, -0.1) is 13.2 Å². The third-order valence-corrected chi connectivity index (χ3v) is 11.8. The number of carbonyl (C=O) groups is 4. The Kier molecular flexibility index (Phi) is 12.2. The van der Waals surface area contributed by atoms with Crippen molar-refractivity contribution in [2.24, 2.45) is 17.8 Å². The van der Waals surface area contributed by atoms with Gasteiger partial charge in [-0.1, -0.05) is 96.0 Å². The SMILES string of the molecule is C=CCCC(=O)N(C)[C@@H](C)[C@@H](OC(=O)[C@H]1[C@@H]2O[C@@]3(CC2Br)[C@@H]1C(=O)N([C@@H](CO)C(C)C)[C@@H]3C(=O)N(CC=C)c1ccccc1Cl)c1ccccc1. The third-order valence-electron chi connectivity index (χ3n) is 10.6. The number of hydrogen-bond donors (Lipinski definition) is 1. The topological polar surface area (TPSA) is 117 Å². The molecule has 0 aliphatic carbocycles. The zero-order valence-corrected chi connectivity index (χ0v) is 31.8. The van der Waals surface area contributed by atoms with Gasteiger partial charge in [0.1, 0.15) is 17.7 Å². The molecule has 2 aromatic rings. The van der Waals surface area contributed by atoms with Gasteiger partial charge in [0.25, 0.3) is 5.91 Å². The number of carbonyl (C=O) groups excluding carboxylic acids is 4. The summed E-state index contributed by atoms with van der Waals surface area (Å²) >= 11 is 10.3. The fourth-order valence-electron chi connectivity index (χ4n) is 7.97. The predicted molar refractivity (Wildman–Crippen MR) is 199 cm³/mol. The van der Waals surface area contributed by atoms with Crippen LogP contribution in [0.4, 0.5) is 5.69 Å². The van der Waals surface area contributed by atoms with E-state index in [1.165, 1.54) is 9.80 Å². The highest BCUT2D eigenvalue weighted by Gasteiger charge is 2.78. The molecule has 274 valence electrons. The molecule has 3 aliphatic heterocycles. The molecule has 12 heteroatoms. The van der Waals surface area contributed by atoms with E-state index in [0.717, 1.165) is 0 Å². The van der Waals surface area contributed by atoms with E-state index in [4.69, 9.17) is 21.1 Å². The second-order valence-electron chi connectivity index (χ2n) is 13.9. The Morgan fingerprint density at radius 3 is 2.39 bits per heavy atom. The zero-order chi connectivity index (χ0) is 37.2. The van der Waals surface area contributed by atoms with E-state index < -0.39 is 72.2 Å². The van der Waals surface area contributed by atoms with Gasteiger partial charge in [0.2, 0.25) is 11.8 Å². The van der Waals surface area contributed by atoms with E-state index >= 15 is 0 Å². The highest BCUT2D eigenvalue weighted by Crippen LogP contribution is 2.61. The van der Waals surface area contributed by atoms with Crippen molar-refractivity contribution in [3.8, 4) is 0 Å². The number of esters is 1. The fraction of sp³-hybridized carbons (Fsp3) is 0.487. The molecular formula is C39H47BrClN3O7. The van der Waals surface area contributed by atoms with E-state index in [9.17, 15) is 24.3 Å². The number of aliphatic hydroxyl groups is 1. The van der Waals surface area contributed by atoms with Crippen molar-refractivity contribution in [2.75, 3.05) is 25.1 Å². The van der Waals surface area contributed by atoms with E-state index in [0.29, 0.717) is 22.7 Å². The summed E-state index contributed by atoms with van der Waals surface area (Å²) in [6.07, 6.45) is 2.65. The van der Waals surface area contributed by atoms with Crippen LogP contribution in [0.3, 0.4) is 0 Å². The lowest BCUT2D eigenvalue weighted by Crippen LogP contribution is -2.60. The van der Waals surface area contributed by atoms with Crippen molar-refractivity contribution in [3.63, 3.8) is 0 Å². The molecule has 0 radical (unpaired) electrons. The molecule has 51 heavy (non-hydrogen) atoms. The molecule has 3 saturated heterocycles. The van der Waals surface area contributed by atoms with Crippen LogP contribution in [0.25, 0.3) is 0 Å². The Balaban J connectivity index is 1.56. The first kappa shape index (κ1) is 38.7. The van der Waals surface area contributed by atoms with Crippen molar-refractivity contribution < 1.29 is 33.8 Å². The van der Waals surface area contributed by atoms with Gasteiger partial charge in [-0.2, -0.15) is 0 Å². The van der Waals surface area contributed by atoms with Crippen molar-refractivity contribution in [1.82, 2.24) is 9.80 Å². The molecule has 3 amide bonds. The smallest absolute Gasteiger partial charge is 0.313 e. The summed E-state index contributed by atoms with van der Waals surface area (Å²) in [6.45, 7) is 12.8. The maximum atomic E-state index is 15.0. The number of fused-ring (bicyclic) bond motifs is 1. The van der Waals surface area contributed by atoms with Crippen LogP contribution in [-0.4, -0.2) is 93.5 Å². The molecule has 1 unspecified atom stereocenters. The predicted octanol–water partition coefficient (Wildman–Crippen LogP) is 5.72. The van der Waals surface area contributed by atoms with Crippen LogP contribution >= 0.6 is 27.5 Å². The number of likely N-dealkylation sites (tertiary alicyclic amines) is 1. The Morgan fingerprint density at radius 1 is 1.12 bits per heavy atom. The molecule has 3 aliphatic rings. The minimum absolute atomic E-state index is 0.0929. The number of hydrogen-bond acceptors (Lipinski definition) is 7. The van der Waals surface area contributed by atoms with Gasteiger partial charge in [0, 0.05) is 24.8 Å². The van der Waals surface area contributed by atoms with E-state index in [1.807, 2.05) is 51.1 Å². The quantitative estimate of drug-likeness (QED) is 0.140. The highest BCUT2D eigenvalue weighted by molar-refractivity contribution is 9.09. The summed E-state index contributed by atoms with van der Waals surface area (Å²) in [7, 11) is 1.67. The zero-order valence-electron chi connectivity index (χ0n) is 29.5. The summed E-state index contributed by atoms with van der Waals surface area (Å²) in [5.74, 6) is -4.08. The molecule has 0 saturated carbocycles. The Labute approximate surface area is 313 Å². The molecule has 0 aromatic heterocycles. The van der Waals surface area contributed by atoms with Crippen LogP contribution in [0.2, 0.25) is 5.02 Å². The summed E-state index contributed by atoms with van der Waals surface area (Å²) in [6, 6.07) is 13.6. The Morgan fingerprint density at radius 2 is 1.78 bits per heavy atom. The fourth-order valence-corrected chi connectivity index (χ4v) is 9.15. The number of allylic oxidation sites excluding steroid dienone is 1. The van der Waals surface area contributed by atoms with E-state index in [2.05, 4.69) is 29.1 Å². The number of halogens is 2. The van der Waals surface area contributed by atoms with Gasteiger partial charge in [-0.05, 0) is 43.4 Å². The molecular weight excluding hydrogens is 738 g/mol. The molecule has 2 bridgehead atoms. The lowest BCUT2D eigenvalue weighted by molar-refractivity contribution is -0.165. The molecule has 3 heterocycles. The Bertz CT molecular complexity index is 1640. The number of ether oxygens (including phenoxy) is 2. The van der Waals surface area contributed by atoms with Crippen LogP contribution in [0.1, 0.15) is 51.7 Å². The molecule has 1 spiro atoms. The molecule has 9 atom stereocenters. The van der Waals surface area contributed by atoms with Crippen molar-refractivity contribution in [1.29, 1.82) is 0 Å². The molecule has 5 rings (SSSR count). The maximum absolute atomic E-state index is 15.0. The largest absolute Gasteiger partial charge is 0.455 e. The van der Waals surface area contributed by atoms with Crippen molar-refractivity contribution >= 4 is 56.9 Å². The number of aliphatic hydroxyl groups excluding tert-OH is 1. The first-order chi connectivity index (χ1) is 24.3. The first-order valence-corrected chi connectivity index (χ1v) is 18.7. The van der Waals surface area contributed by atoms with Gasteiger partial charge in [-0.25, -0.2) is 0 Å². The highest BCUT2D eigenvalue weighted by atomic mass is 79.9. The number of benzene rings is 2. The average Bonchev–Trinajstić information content (AvgIpc) is 3.71. The van der Waals surface area contributed by atoms with E-state index in [-0.39, 0.29) is 36.0 Å². The molecule has 1 N–H and O–H groups in total. The lowest BCUT2D eigenvalue weighted by atomic mass is 9.70. The first-order valence-electron chi connectivity index (χ1n) is 17.4. The number of para-hydroxylation sites is 1. The van der Waals surface area contributed by atoms with Gasteiger partial charge in [0.15, 0.2) is 0 Å². The van der Waals surface area contributed by atoms with Gasteiger partial charge >= 0.3 is 5.97 Å². The van der Waals surface area contributed by atoms with Gasteiger partial charge < -0.3 is 29.3 Å². The molecule has 2 aromatic carbocycles. The molecule has 10 nitrogen and oxygen atoms in total. The summed E-state index contributed by atoms with van der Waals surface area (Å²) in [4.78, 5) is 61.5. The number of likely N-dealkylation sites (N-methyl/N-ethyl adjacent to an activating group) is 1. The van der Waals surface area contributed by atoms with Crippen LogP contribution in [-0.2, 0) is 28.7 Å². The Hall–Kier alpha value is -3.51. The number of amides is 3. The lowest BCUT2D eigenvalue weighted by Gasteiger charge is -2.40. The number of anilines is 1. The molecule has 3 fully saturated rings. The maximum Gasteiger partial charge on any atom is 0.313 e. The summed E-state index contributed by atoms with van der Waals surface area (Å²) in [5.41, 5.74) is -0.291. The number of rotatable bonds is 15. The second-order valence-corrected chi connectivity index (χ2v) is 15.5. The minimum Gasteiger partial charge on any atom is -0.455 e. The van der Waals surface area contributed by atoms with E-state index in [1.54, 1.807) is 48.4 Å². The summed E-state index contributed by atoms with van der Waals surface area (Å²) < 4.78 is 13.1. The van der Waals surface area contributed by atoms with Gasteiger partial charge in [0.05, 0.1) is 47.3 Å². The van der Waals surface area contributed by atoms with Crippen LogP contribution < -0.4 is 4.90 Å². The average molecular weight is 785 g/mol. The van der Waals surface area contributed by atoms with Crippen molar-refractivity contribution in [3.05, 3.63) is 90.5 Å². The number of nitrogens with zero attached hydrogens (tertiary/aromatic N) is 3. The normalized spacial score (nSPS) is 26.7.